The van der Waals surface area contributed by atoms with E-state index in [4.69, 9.17) is 0 Å². The van der Waals surface area contributed by atoms with Crippen LogP contribution in [0, 0.1) is 5.82 Å². The Hall–Kier alpha value is -4.01. The molecule has 1 amide bonds. The van der Waals surface area contributed by atoms with Crippen molar-refractivity contribution in [2.75, 3.05) is 34.8 Å². The first-order chi connectivity index (χ1) is 16.1. The van der Waals surface area contributed by atoms with Gasteiger partial charge in [0.25, 0.3) is 5.91 Å². The van der Waals surface area contributed by atoms with Crippen molar-refractivity contribution in [2.24, 2.45) is 0 Å². The summed E-state index contributed by atoms with van der Waals surface area (Å²) in [5.41, 5.74) is 1.82. The Balaban J connectivity index is 1.28. The van der Waals surface area contributed by atoms with Gasteiger partial charge in [-0.25, -0.2) is 19.3 Å². The minimum Gasteiger partial charge on any atom is -0.354 e. The number of carbonyl (C=O) groups is 1. The summed E-state index contributed by atoms with van der Waals surface area (Å²) in [6, 6.07) is 11.6. The number of H-pyrrole nitrogens is 1. The van der Waals surface area contributed by atoms with E-state index in [0.29, 0.717) is 11.3 Å². The normalized spacial score (nSPS) is 15.7. The standard InChI is InChI=1S/C24H24FN7O/c1-2-32(19-10-12-31(14-19)23-20-9-11-26-22(20)28-15-29-23)21-8-3-16(13-27-21)24(33)30-18-6-4-17(25)5-7-18/h3-9,11,13,15,19H,2,10,12,14H2,1H3,(H,30,33)(H,26,28,29). The Morgan fingerprint density at radius 3 is 2.79 bits per heavy atom. The minimum absolute atomic E-state index is 0.282. The Labute approximate surface area is 190 Å². The summed E-state index contributed by atoms with van der Waals surface area (Å²) in [6.45, 7) is 4.64. The van der Waals surface area contributed by atoms with E-state index in [1.807, 2.05) is 18.3 Å². The van der Waals surface area contributed by atoms with Gasteiger partial charge >= 0.3 is 0 Å². The van der Waals surface area contributed by atoms with Crippen molar-refractivity contribution in [1.29, 1.82) is 0 Å². The molecular weight excluding hydrogens is 421 g/mol. The first-order valence-corrected chi connectivity index (χ1v) is 10.9. The second-order valence-corrected chi connectivity index (χ2v) is 7.98. The third-order valence-electron chi connectivity index (χ3n) is 5.98. The van der Waals surface area contributed by atoms with Crippen molar-refractivity contribution in [3.63, 3.8) is 0 Å². The zero-order chi connectivity index (χ0) is 22.8. The topological polar surface area (TPSA) is 90.0 Å². The van der Waals surface area contributed by atoms with E-state index in [1.54, 1.807) is 18.6 Å². The van der Waals surface area contributed by atoms with Gasteiger partial charge in [0, 0.05) is 43.8 Å². The first kappa shape index (κ1) is 20.9. The number of nitrogens with zero attached hydrogens (tertiary/aromatic N) is 5. The van der Waals surface area contributed by atoms with Crippen LogP contribution in [0.2, 0.25) is 0 Å². The predicted molar refractivity (Wildman–Crippen MR) is 126 cm³/mol. The molecular formula is C24H24FN7O. The molecule has 8 nitrogen and oxygen atoms in total. The highest BCUT2D eigenvalue weighted by molar-refractivity contribution is 6.04. The van der Waals surface area contributed by atoms with Crippen LogP contribution in [0.25, 0.3) is 11.0 Å². The predicted octanol–water partition coefficient (Wildman–Crippen LogP) is 3.85. The molecule has 0 spiro atoms. The SMILES string of the molecule is CCN(c1ccc(C(=O)Nc2ccc(F)cc2)cn1)C1CCN(c2ncnc3[nH]ccc23)C1. The summed E-state index contributed by atoms with van der Waals surface area (Å²) in [6.07, 6.45) is 6.04. The molecule has 9 heteroatoms. The van der Waals surface area contributed by atoms with Crippen LogP contribution in [0.4, 0.5) is 21.7 Å². The summed E-state index contributed by atoms with van der Waals surface area (Å²) in [5, 5.41) is 3.78. The summed E-state index contributed by atoms with van der Waals surface area (Å²) >= 11 is 0. The third kappa shape index (κ3) is 4.21. The average Bonchev–Trinajstić information content (AvgIpc) is 3.51. The van der Waals surface area contributed by atoms with E-state index < -0.39 is 0 Å². The van der Waals surface area contributed by atoms with E-state index in [1.165, 1.54) is 24.3 Å². The van der Waals surface area contributed by atoms with Gasteiger partial charge in [-0.2, -0.15) is 0 Å². The van der Waals surface area contributed by atoms with Gasteiger partial charge in [0.15, 0.2) is 0 Å². The fourth-order valence-electron chi connectivity index (χ4n) is 4.33. The maximum absolute atomic E-state index is 13.1. The lowest BCUT2D eigenvalue weighted by Crippen LogP contribution is -2.38. The van der Waals surface area contributed by atoms with Gasteiger partial charge in [0.2, 0.25) is 0 Å². The fourth-order valence-corrected chi connectivity index (χ4v) is 4.33. The Kier molecular flexibility index (Phi) is 5.60. The second-order valence-electron chi connectivity index (χ2n) is 7.98. The molecule has 1 unspecified atom stereocenters. The highest BCUT2D eigenvalue weighted by Crippen LogP contribution is 2.28. The molecule has 3 aromatic heterocycles. The van der Waals surface area contributed by atoms with Gasteiger partial charge in [0.05, 0.1) is 10.9 Å². The Morgan fingerprint density at radius 2 is 2.03 bits per heavy atom. The first-order valence-electron chi connectivity index (χ1n) is 10.9. The van der Waals surface area contributed by atoms with E-state index in [9.17, 15) is 9.18 Å². The quantitative estimate of drug-likeness (QED) is 0.469. The monoisotopic (exact) mass is 445 g/mol. The van der Waals surface area contributed by atoms with Crippen molar-refractivity contribution in [1.82, 2.24) is 19.9 Å². The largest absolute Gasteiger partial charge is 0.354 e. The lowest BCUT2D eigenvalue weighted by atomic mass is 10.2. The maximum Gasteiger partial charge on any atom is 0.257 e. The van der Waals surface area contributed by atoms with Crippen LogP contribution >= 0.6 is 0 Å². The van der Waals surface area contributed by atoms with E-state index in [2.05, 4.69) is 42.0 Å². The number of nitrogens with one attached hydrogen (secondary N) is 2. The number of likely N-dealkylation sites (N-methyl/N-ethyl adjacent to an activating group) is 1. The number of rotatable bonds is 6. The maximum atomic E-state index is 13.1. The molecule has 1 saturated heterocycles. The van der Waals surface area contributed by atoms with Crippen molar-refractivity contribution in [3.8, 4) is 0 Å². The molecule has 0 bridgehead atoms. The highest BCUT2D eigenvalue weighted by atomic mass is 19.1. The van der Waals surface area contributed by atoms with Gasteiger partial charge < -0.3 is 20.1 Å². The lowest BCUT2D eigenvalue weighted by molar-refractivity contribution is 0.102. The average molecular weight is 446 g/mol. The van der Waals surface area contributed by atoms with Crippen molar-refractivity contribution >= 4 is 34.3 Å². The number of aromatic amines is 1. The fraction of sp³-hybridized carbons (Fsp3) is 0.250. The van der Waals surface area contributed by atoms with Gasteiger partial charge in [-0.1, -0.05) is 0 Å². The molecule has 0 radical (unpaired) electrons. The number of amides is 1. The van der Waals surface area contributed by atoms with E-state index >= 15 is 0 Å². The lowest BCUT2D eigenvalue weighted by Gasteiger charge is -2.29. The number of hydrogen-bond donors (Lipinski definition) is 2. The van der Waals surface area contributed by atoms with Crippen molar-refractivity contribution in [2.45, 2.75) is 19.4 Å². The molecule has 4 heterocycles. The van der Waals surface area contributed by atoms with Gasteiger partial charge in [-0.15, -0.1) is 0 Å². The second kappa shape index (κ2) is 8.85. The molecule has 1 aliphatic heterocycles. The molecule has 5 rings (SSSR count). The molecule has 2 N–H and O–H groups in total. The zero-order valence-corrected chi connectivity index (χ0v) is 18.2. The minimum atomic E-state index is -0.346. The molecule has 4 aromatic rings. The molecule has 1 aromatic carbocycles. The molecule has 1 fully saturated rings. The van der Waals surface area contributed by atoms with Crippen LogP contribution in [0.3, 0.4) is 0 Å². The van der Waals surface area contributed by atoms with E-state index in [0.717, 1.165) is 48.7 Å². The summed E-state index contributed by atoms with van der Waals surface area (Å²) < 4.78 is 13.1. The number of pyridine rings is 1. The number of carbonyl (C=O) groups excluding carboxylic acids is 1. The number of fused-ring (bicyclic) bond motifs is 1. The number of halogens is 1. The Bertz CT molecular complexity index is 1260. The van der Waals surface area contributed by atoms with Crippen molar-refractivity contribution in [3.05, 3.63) is 72.6 Å². The third-order valence-corrected chi connectivity index (χ3v) is 5.98. The number of aromatic nitrogens is 4. The highest BCUT2D eigenvalue weighted by Gasteiger charge is 2.29. The van der Waals surface area contributed by atoms with Crippen LogP contribution in [0.15, 0.2) is 61.2 Å². The van der Waals surface area contributed by atoms with Gasteiger partial charge in [-0.05, 0) is 55.8 Å². The molecule has 0 saturated carbocycles. The van der Waals surface area contributed by atoms with Crippen LogP contribution in [0.1, 0.15) is 23.7 Å². The zero-order valence-electron chi connectivity index (χ0n) is 18.2. The Morgan fingerprint density at radius 1 is 1.18 bits per heavy atom. The van der Waals surface area contributed by atoms with Gasteiger partial charge in [-0.3, -0.25) is 4.79 Å². The van der Waals surface area contributed by atoms with Crippen molar-refractivity contribution < 1.29 is 9.18 Å². The van der Waals surface area contributed by atoms with Crippen LogP contribution in [0.5, 0.6) is 0 Å². The molecule has 33 heavy (non-hydrogen) atoms. The molecule has 168 valence electrons. The molecule has 0 aliphatic carbocycles. The van der Waals surface area contributed by atoms with Crippen LogP contribution in [-0.2, 0) is 0 Å². The van der Waals surface area contributed by atoms with Gasteiger partial charge in [0.1, 0.15) is 29.4 Å². The summed E-state index contributed by atoms with van der Waals surface area (Å²) in [4.78, 5) is 33.6. The molecule has 1 aliphatic rings. The summed E-state index contributed by atoms with van der Waals surface area (Å²) in [5.74, 6) is 1.15. The number of benzene rings is 1. The van der Waals surface area contributed by atoms with E-state index in [-0.39, 0.29) is 17.8 Å². The number of hydrogen-bond acceptors (Lipinski definition) is 6. The van der Waals surface area contributed by atoms with Crippen LogP contribution in [-0.4, -0.2) is 51.5 Å². The summed E-state index contributed by atoms with van der Waals surface area (Å²) in [7, 11) is 0. The number of anilines is 3. The molecule has 1 atom stereocenters. The van der Waals surface area contributed by atoms with Crippen LogP contribution < -0.4 is 15.1 Å². The smallest absolute Gasteiger partial charge is 0.257 e.